The molecule has 0 aliphatic carbocycles. The molecule has 134 valence electrons. The van der Waals surface area contributed by atoms with Crippen LogP contribution in [0.2, 0.25) is 0 Å². The van der Waals surface area contributed by atoms with Crippen molar-refractivity contribution in [2.24, 2.45) is 5.41 Å². The van der Waals surface area contributed by atoms with Crippen molar-refractivity contribution >= 4 is 0 Å². The summed E-state index contributed by atoms with van der Waals surface area (Å²) in [5.41, 5.74) is 3.16. The predicted molar refractivity (Wildman–Crippen MR) is 104 cm³/mol. The van der Waals surface area contributed by atoms with Gasteiger partial charge in [0.05, 0.1) is 0 Å². The maximum absolute atomic E-state index is 10.4. The molecular formula is C23H25NO2. The summed E-state index contributed by atoms with van der Waals surface area (Å²) in [5.74, 6) is 1.55. The van der Waals surface area contributed by atoms with E-state index in [1.807, 2.05) is 48.5 Å². The topological polar surface area (TPSA) is 42.4 Å². The minimum Gasteiger partial charge on any atom is -0.457 e. The lowest BCUT2D eigenvalue weighted by molar-refractivity contribution is 0.220. The molecule has 0 aliphatic rings. The van der Waals surface area contributed by atoms with Crippen LogP contribution in [-0.4, -0.2) is 10.1 Å². The molecule has 3 nitrogen and oxygen atoms in total. The van der Waals surface area contributed by atoms with Crippen molar-refractivity contribution in [3.8, 4) is 11.5 Å². The first-order chi connectivity index (χ1) is 12.4. The monoisotopic (exact) mass is 347 g/mol. The van der Waals surface area contributed by atoms with E-state index in [4.69, 9.17) is 4.74 Å². The lowest BCUT2D eigenvalue weighted by Gasteiger charge is -2.18. The summed E-state index contributed by atoms with van der Waals surface area (Å²) in [6, 6.07) is 19.4. The molecular weight excluding hydrogens is 322 g/mol. The van der Waals surface area contributed by atoms with Gasteiger partial charge in [0.2, 0.25) is 0 Å². The van der Waals surface area contributed by atoms with Crippen LogP contribution < -0.4 is 4.74 Å². The van der Waals surface area contributed by atoms with Crippen LogP contribution in [0.3, 0.4) is 0 Å². The zero-order valence-corrected chi connectivity index (χ0v) is 15.5. The average molecular weight is 347 g/mol. The summed E-state index contributed by atoms with van der Waals surface area (Å²) in [6.45, 7) is 6.71. The van der Waals surface area contributed by atoms with Crippen molar-refractivity contribution in [2.75, 3.05) is 0 Å². The summed E-state index contributed by atoms with van der Waals surface area (Å²) >= 11 is 0. The van der Waals surface area contributed by atoms with Gasteiger partial charge in [-0.25, -0.2) is 0 Å². The third kappa shape index (κ3) is 4.93. The van der Waals surface area contributed by atoms with Crippen LogP contribution in [0.15, 0.2) is 73.1 Å². The van der Waals surface area contributed by atoms with Gasteiger partial charge in [0, 0.05) is 18.0 Å². The van der Waals surface area contributed by atoms with Crippen molar-refractivity contribution in [1.82, 2.24) is 4.98 Å². The SMILES string of the molecule is CC(C)(C)Cc1ccc(Oc2ccc(C(O)c3cccnc3)cc2)cc1. The molecule has 2 aromatic carbocycles. The Hall–Kier alpha value is -2.65. The number of nitrogens with zero attached hydrogens (tertiary/aromatic N) is 1. The van der Waals surface area contributed by atoms with Gasteiger partial charge in [-0.15, -0.1) is 0 Å². The quantitative estimate of drug-likeness (QED) is 0.658. The number of hydrogen-bond donors (Lipinski definition) is 1. The maximum atomic E-state index is 10.4. The van der Waals surface area contributed by atoms with Crippen molar-refractivity contribution in [1.29, 1.82) is 0 Å². The second-order valence-electron chi connectivity index (χ2n) is 7.74. The lowest BCUT2D eigenvalue weighted by atomic mass is 9.88. The molecule has 26 heavy (non-hydrogen) atoms. The molecule has 0 fully saturated rings. The van der Waals surface area contributed by atoms with Gasteiger partial charge in [0.15, 0.2) is 0 Å². The van der Waals surface area contributed by atoms with E-state index in [0.717, 1.165) is 29.0 Å². The lowest BCUT2D eigenvalue weighted by Crippen LogP contribution is -2.08. The Morgan fingerprint density at radius 2 is 1.50 bits per heavy atom. The van der Waals surface area contributed by atoms with E-state index in [1.54, 1.807) is 12.4 Å². The van der Waals surface area contributed by atoms with E-state index in [0.29, 0.717) is 0 Å². The van der Waals surface area contributed by atoms with Crippen LogP contribution >= 0.6 is 0 Å². The molecule has 0 bridgehead atoms. The van der Waals surface area contributed by atoms with Crippen molar-refractivity contribution in [3.05, 3.63) is 89.7 Å². The van der Waals surface area contributed by atoms with E-state index in [2.05, 4.69) is 37.9 Å². The Kier molecular flexibility index (Phi) is 5.38. The number of aromatic nitrogens is 1. The summed E-state index contributed by atoms with van der Waals surface area (Å²) in [4.78, 5) is 4.05. The van der Waals surface area contributed by atoms with E-state index in [9.17, 15) is 5.11 Å². The van der Waals surface area contributed by atoms with Crippen molar-refractivity contribution in [2.45, 2.75) is 33.3 Å². The molecule has 1 heterocycles. The van der Waals surface area contributed by atoms with E-state index in [-0.39, 0.29) is 5.41 Å². The number of aliphatic hydroxyl groups excluding tert-OH is 1. The van der Waals surface area contributed by atoms with E-state index in [1.165, 1.54) is 5.56 Å². The second-order valence-corrected chi connectivity index (χ2v) is 7.74. The number of ether oxygens (including phenoxy) is 1. The average Bonchev–Trinajstić information content (AvgIpc) is 2.63. The Morgan fingerprint density at radius 1 is 0.885 bits per heavy atom. The fraction of sp³-hybridized carbons (Fsp3) is 0.261. The van der Waals surface area contributed by atoms with Crippen LogP contribution in [-0.2, 0) is 6.42 Å². The molecule has 1 atom stereocenters. The summed E-state index contributed by atoms with van der Waals surface area (Å²) in [7, 11) is 0. The molecule has 1 N–H and O–H groups in total. The summed E-state index contributed by atoms with van der Waals surface area (Å²) in [6.07, 6.45) is 3.72. The van der Waals surface area contributed by atoms with Gasteiger partial charge in [0.25, 0.3) is 0 Å². The second kappa shape index (κ2) is 7.71. The number of aliphatic hydroxyl groups is 1. The minimum atomic E-state index is -0.686. The molecule has 1 aromatic heterocycles. The Labute approximate surface area is 155 Å². The third-order valence-electron chi connectivity index (χ3n) is 4.09. The molecule has 0 aliphatic heterocycles. The van der Waals surface area contributed by atoms with Gasteiger partial charge < -0.3 is 9.84 Å². The third-order valence-corrected chi connectivity index (χ3v) is 4.09. The molecule has 3 rings (SSSR count). The fourth-order valence-corrected chi connectivity index (χ4v) is 2.87. The first-order valence-electron chi connectivity index (χ1n) is 8.85. The van der Waals surface area contributed by atoms with Crippen LogP contribution in [0.25, 0.3) is 0 Å². The number of benzene rings is 2. The molecule has 0 spiro atoms. The van der Waals surface area contributed by atoms with E-state index >= 15 is 0 Å². The maximum Gasteiger partial charge on any atom is 0.127 e. The highest BCUT2D eigenvalue weighted by molar-refractivity contribution is 5.37. The van der Waals surface area contributed by atoms with Crippen LogP contribution in [0, 0.1) is 5.41 Å². The highest BCUT2D eigenvalue weighted by Crippen LogP contribution is 2.27. The molecule has 0 saturated carbocycles. The molecule has 0 saturated heterocycles. The highest BCUT2D eigenvalue weighted by atomic mass is 16.5. The molecule has 3 heteroatoms. The normalized spacial score (nSPS) is 12.6. The number of rotatable bonds is 5. The minimum absolute atomic E-state index is 0.271. The van der Waals surface area contributed by atoms with E-state index < -0.39 is 6.10 Å². The van der Waals surface area contributed by atoms with Gasteiger partial charge in [-0.1, -0.05) is 51.1 Å². The highest BCUT2D eigenvalue weighted by Gasteiger charge is 2.12. The summed E-state index contributed by atoms with van der Waals surface area (Å²) < 4.78 is 5.91. The first kappa shape index (κ1) is 18.2. The Morgan fingerprint density at radius 3 is 2.04 bits per heavy atom. The molecule has 3 aromatic rings. The summed E-state index contributed by atoms with van der Waals surface area (Å²) in [5, 5.41) is 10.4. The van der Waals surface area contributed by atoms with Gasteiger partial charge in [-0.3, -0.25) is 4.98 Å². The number of pyridine rings is 1. The molecule has 0 amide bonds. The van der Waals surface area contributed by atoms with Gasteiger partial charge in [-0.2, -0.15) is 0 Å². The largest absolute Gasteiger partial charge is 0.457 e. The predicted octanol–water partition coefficient (Wildman–Crippen LogP) is 5.54. The van der Waals surface area contributed by atoms with Crippen molar-refractivity contribution in [3.63, 3.8) is 0 Å². The Bertz CT molecular complexity index is 819. The fourth-order valence-electron chi connectivity index (χ4n) is 2.87. The zero-order valence-electron chi connectivity index (χ0n) is 15.5. The standard InChI is InChI=1S/C23H25NO2/c1-23(2,3)15-17-6-10-20(11-7-17)26-21-12-8-18(9-13-21)22(25)19-5-4-14-24-16-19/h4-14,16,22,25H,15H2,1-3H3. The van der Waals surface area contributed by atoms with Gasteiger partial charge in [-0.05, 0) is 53.3 Å². The van der Waals surface area contributed by atoms with Crippen LogP contribution in [0.1, 0.15) is 43.6 Å². The smallest absolute Gasteiger partial charge is 0.127 e. The van der Waals surface area contributed by atoms with Gasteiger partial charge in [0.1, 0.15) is 17.6 Å². The van der Waals surface area contributed by atoms with Gasteiger partial charge >= 0.3 is 0 Å². The molecule has 0 radical (unpaired) electrons. The van der Waals surface area contributed by atoms with Crippen molar-refractivity contribution < 1.29 is 9.84 Å². The van der Waals surface area contributed by atoms with Crippen LogP contribution in [0.5, 0.6) is 11.5 Å². The van der Waals surface area contributed by atoms with Crippen LogP contribution in [0.4, 0.5) is 0 Å². The zero-order chi connectivity index (χ0) is 18.6. The first-order valence-corrected chi connectivity index (χ1v) is 8.85. The number of hydrogen-bond acceptors (Lipinski definition) is 3. The molecule has 1 unspecified atom stereocenters. The Balaban J connectivity index is 1.66.